The molecule has 5 nitrogen and oxygen atoms in total. The minimum atomic E-state index is -1.19. The molecule has 0 saturated carbocycles. The van der Waals surface area contributed by atoms with Crippen molar-refractivity contribution in [2.45, 2.75) is 13.8 Å². The summed E-state index contributed by atoms with van der Waals surface area (Å²) in [5.41, 5.74) is 0. The molecule has 0 radical (unpaired) electrons. The van der Waals surface area contributed by atoms with E-state index in [1.54, 1.807) is 0 Å². The van der Waals surface area contributed by atoms with E-state index in [1.807, 2.05) is 24.1 Å². The van der Waals surface area contributed by atoms with Gasteiger partial charge in [-0.3, -0.25) is 5.32 Å². The van der Waals surface area contributed by atoms with Crippen LogP contribution in [0.4, 0.5) is 4.79 Å². The molecule has 0 spiro atoms. The number of hydrogen-bond donors (Lipinski definition) is 2. The fraction of sp³-hybridized carbons (Fsp3) is 0.571. The predicted molar refractivity (Wildman–Crippen MR) is 55.2 cm³/mol. The SMILES string of the molecule is CCN(/C=N/C(=S)NC(=O)O)CC. The summed E-state index contributed by atoms with van der Waals surface area (Å²) in [7, 11) is 0. The maximum Gasteiger partial charge on any atom is 0.410 e. The third-order valence-electron chi connectivity index (χ3n) is 1.36. The van der Waals surface area contributed by atoms with Crippen LogP contribution in [-0.4, -0.2) is 40.6 Å². The molecule has 1 amide bonds. The normalized spacial score (nSPS) is 10.0. The molecule has 0 bridgehead atoms. The van der Waals surface area contributed by atoms with Gasteiger partial charge in [-0.15, -0.1) is 0 Å². The second kappa shape index (κ2) is 6.36. The predicted octanol–water partition coefficient (Wildman–Crippen LogP) is 0.909. The van der Waals surface area contributed by atoms with Gasteiger partial charge >= 0.3 is 6.09 Å². The molecule has 2 N–H and O–H groups in total. The summed E-state index contributed by atoms with van der Waals surface area (Å²) in [6, 6.07) is 0. The van der Waals surface area contributed by atoms with Crippen LogP contribution in [-0.2, 0) is 0 Å². The molecule has 0 fully saturated rings. The van der Waals surface area contributed by atoms with Gasteiger partial charge in [0.25, 0.3) is 0 Å². The average Bonchev–Trinajstić information content (AvgIpc) is 2.05. The summed E-state index contributed by atoms with van der Waals surface area (Å²) in [4.78, 5) is 15.8. The lowest BCUT2D eigenvalue weighted by molar-refractivity contribution is 0.200. The lowest BCUT2D eigenvalue weighted by Gasteiger charge is -2.13. The Kier molecular flexibility index (Phi) is 5.79. The van der Waals surface area contributed by atoms with Crippen LogP contribution < -0.4 is 5.32 Å². The van der Waals surface area contributed by atoms with Crippen molar-refractivity contribution in [3.05, 3.63) is 0 Å². The topological polar surface area (TPSA) is 64.9 Å². The Bertz CT molecular complexity index is 214. The fourth-order valence-electron chi connectivity index (χ4n) is 0.645. The molecule has 0 heterocycles. The summed E-state index contributed by atoms with van der Waals surface area (Å²) in [6.07, 6.45) is 0.333. The highest BCUT2D eigenvalue weighted by Crippen LogP contribution is 1.82. The third kappa shape index (κ3) is 6.03. The van der Waals surface area contributed by atoms with E-state index in [1.165, 1.54) is 6.34 Å². The summed E-state index contributed by atoms with van der Waals surface area (Å²) in [5.74, 6) is 0. The number of nitrogens with one attached hydrogen (secondary N) is 1. The maximum atomic E-state index is 10.1. The molecule has 0 rings (SSSR count). The first-order valence-electron chi connectivity index (χ1n) is 3.92. The van der Waals surface area contributed by atoms with E-state index >= 15 is 0 Å². The highest BCUT2D eigenvalue weighted by Gasteiger charge is 1.97. The minimum Gasteiger partial charge on any atom is -0.465 e. The quantitative estimate of drug-likeness (QED) is 0.406. The smallest absolute Gasteiger partial charge is 0.410 e. The first-order chi connectivity index (χ1) is 6.10. The second-order valence-electron chi connectivity index (χ2n) is 2.20. The molecule has 0 unspecified atom stereocenters. The standard InChI is InChI=1S/C7H13N3O2S/c1-3-10(4-2)5-8-6(13)9-7(11)12/h5H,3-4H2,1-2H3,(H,9,13)(H,11,12)/b8-5+. The van der Waals surface area contributed by atoms with Crippen molar-refractivity contribution in [3.63, 3.8) is 0 Å². The number of rotatable bonds is 3. The second-order valence-corrected chi connectivity index (χ2v) is 2.59. The molecule has 0 aliphatic carbocycles. The van der Waals surface area contributed by atoms with Crippen molar-refractivity contribution in [2.75, 3.05) is 13.1 Å². The number of amides is 1. The van der Waals surface area contributed by atoms with Gasteiger partial charge in [0.2, 0.25) is 5.11 Å². The van der Waals surface area contributed by atoms with E-state index < -0.39 is 6.09 Å². The molecule has 6 heteroatoms. The van der Waals surface area contributed by atoms with E-state index in [0.717, 1.165) is 13.1 Å². The van der Waals surface area contributed by atoms with Crippen LogP contribution in [0.2, 0.25) is 0 Å². The number of thiocarbonyl (C=S) groups is 1. The van der Waals surface area contributed by atoms with Crippen LogP contribution in [0.15, 0.2) is 4.99 Å². The van der Waals surface area contributed by atoms with Crippen molar-refractivity contribution in [3.8, 4) is 0 Å². The summed E-state index contributed by atoms with van der Waals surface area (Å²) < 4.78 is 0. The van der Waals surface area contributed by atoms with Crippen molar-refractivity contribution in [1.29, 1.82) is 0 Å². The molecule has 0 aromatic rings. The van der Waals surface area contributed by atoms with Gasteiger partial charge in [0.15, 0.2) is 0 Å². The van der Waals surface area contributed by atoms with Crippen molar-refractivity contribution < 1.29 is 9.90 Å². The number of hydrogen-bond acceptors (Lipinski definition) is 2. The van der Waals surface area contributed by atoms with Gasteiger partial charge in [0.05, 0.1) is 6.34 Å². The molecule has 0 saturated heterocycles. The van der Waals surface area contributed by atoms with Gasteiger partial charge in [-0.2, -0.15) is 0 Å². The molecule has 0 aromatic carbocycles. The van der Waals surface area contributed by atoms with Crippen LogP contribution in [0, 0.1) is 0 Å². The Labute approximate surface area is 82.4 Å². The van der Waals surface area contributed by atoms with Crippen LogP contribution in [0.1, 0.15) is 13.8 Å². The highest BCUT2D eigenvalue weighted by atomic mass is 32.1. The van der Waals surface area contributed by atoms with Crippen molar-refractivity contribution in [1.82, 2.24) is 10.2 Å². The molecule has 0 aliphatic heterocycles. The number of carboxylic acid groups (broad SMARTS) is 1. The molecular formula is C7H13N3O2S. The molecular weight excluding hydrogens is 190 g/mol. The van der Waals surface area contributed by atoms with Gasteiger partial charge in [0, 0.05) is 13.1 Å². The van der Waals surface area contributed by atoms with Gasteiger partial charge < -0.3 is 10.0 Å². The fourth-order valence-corrected chi connectivity index (χ4v) is 0.779. The number of carbonyl (C=O) groups is 1. The van der Waals surface area contributed by atoms with E-state index in [2.05, 4.69) is 17.2 Å². The van der Waals surface area contributed by atoms with Gasteiger partial charge in [-0.25, -0.2) is 9.79 Å². The molecule has 0 aromatic heterocycles. The van der Waals surface area contributed by atoms with E-state index in [9.17, 15) is 4.79 Å². The summed E-state index contributed by atoms with van der Waals surface area (Å²) >= 11 is 4.63. The van der Waals surface area contributed by atoms with Crippen molar-refractivity contribution >= 4 is 29.8 Å². The molecule has 0 aliphatic rings. The van der Waals surface area contributed by atoms with Crippen molar-refractivity contribution in [2.24, 2.45) is 4.99 Å². The Hall–Kier alpha value is -1.17. The van der Waals surface area contributed by atoms with Gasteiger partial charge in [-0.1, -0.05) is 0 Å². The van der Waals surface area contributed by atoms with Gasteiger partial charge in [-0.05, 0) is 26.1 Å². The maximum absolute atomic E-state index is 10.1. The molecule has 0 atom stereocenters. The Morgan fingerprint density at radius 1 is 1.62 bits per heavy atom. The van der Waals surface area contributed by atoms with Crippen LogP contribution >= 0.6 is 12.2 Å². The van der Waals surface area contributed by atoms with Crippen LogP contribution in [0.5, 0.6) is 0 Å². The zero-order valence-corrected chi connectivity index (χ0v) is 8.47. The Morgan fingerprint density at radius 3 is 2.54 bits per heavy atom. The number of nitrogens with zero attached hydrogens (tertiary/aromatic N) is 2. The van der Waals surface area contributed by atoms with E-state index in [0.29, 0.717) is 0 Å². The van der Waals surface area contributed by atoms with Gasteiger partial charge in [0.1, 0.15) is 0 Å². The lowest BCUT2D eigenvalue weighted by Crippen LogP contribution is -2.27. The molecule has 13 heavy (non-hydrogen) atoms. The first-order valence-corrected chi connectivity index (χ1v) is 4.33. The van der Waals surface area contributed by atoms with Crippen LogP contribution in [0.25, 0.3) is 0 Å². The molecule has 74 valence electrons. The summed E-state index contributed by atoms with van der Waals surface area (Å²) in [5, 5.41) is 10.2. The third-order valence-corrected chi connectivity index (χ3v) is 1.57. The lowest BCUT2D eigenvalue weighted by atomic mass is 10.6. The highest BCUT2D eigenvalue weighted by molar-refractivity contribution is 7.80. The minimum absolute atomic E-state index is 0.0422. The zero-order chi connectivity index (χ0) is 10.3. The Morgan fingerprint density at radius 2 is 2.15 bits per heavy atom. The van der Waals surface area contributed by atoms with E-state index in [-0.39, 0.29) is 5.11 Å². The van der Waals surface area contributed by atoms with Crippen LogP contribution in [0.3, 0.4) is 0 Å². The van der Waals surface area contributed by atoms with E-state index in [4.69, 9.17) is 5.11 Å². The monoisotopic (exact) mass is 203 g/mol. The first kappa shape index (κ1) is 11.8. The largest absolute Gasteiger partial charge is 0.465 e. The summed E-state index contributed by atoms with van der Waals surface area (Å²) in [6.45, 7) is 5.58. The Balaban J connectivity index is 3.95. The number of aliphatic imine (C=N–C) groups is 1. The zero-order valence-electron chi connectivity index (χ0n) is 7.65. The average molecular weight is 203 g/mol.